The van der Waals surface area contributed by atoms with Gasteiger partial charge in [0.15, 0.2) is 18.0 Å². The van der Waals surface area contributed by atoms with Gasteiger partial charge in [0, 0.05) is 0 Å². The van der Waals surface area contributed by atoms with Gasteiger partial charge in [-0.1, -0.05) is 24.3 Å². The van der Waals surface area contributed by atoms with Crippen molar-refractivity contribution in [2.75, 3.05) is 14.2 Å². The molecule has 0 amide bonds. The van der Waals surface area contributed by atoms with Crippen LogP contribution in [0.1, 0.15) is 11.1 Å². The Morgan fingerprint density at radius 3 is 1.58 bits per heavy atom. The standard InChI is InChI=1S/C23H24O8/c1-25-15-7-3-13(4-8-15)11-27-20-18-17(24)19-21(22(20)31-23(29-18)30-19)28-12-14-5-9-16(26-2)10-6-14/h3-10,18-23H,11-12H2,1-2H3. The number of rotatable bonds is 8. The molecule has 0 spiro atoms. The van der Waals surface area contributed by atoms with Gasteiger partial charge in [-0.2, -0.15) is 0 Å². The van der Waals surface area contributed by atoms with E-state index in [1.807, 2.05) is 48.5 Å². The number of hydrogen-bond donors (Lipinski definition) is 0. The van der Waals surface area contributed by atoms with Crippen LogP contribution in [0.15, 0.2) is 48.5 Å². The van der Waals surface area contributed by atoms with Crippen LogP contribution >= 0.6 is 0 Å². The van der Waals surface area contributed by atoms with Crippen LogP contribution in [0, 0.1) is 0 Å². The number of hydrogen-bond acceptors (Lipinski definition) is 8. The lowest BCUT2D eigenvalue weighted by molar-refractivity contribution is -0.446. The first-order valence-electron chi connectivity index (χ1n) is 10.2. The Labute approximate surface area is 179 Å². The average molecular weight is 428 g/mol. The molecule has 8 nitrogen and oxygen atoms in total. The van der Waals surface area contributed by atoms with Gasteiger partial charge in [-0.25, -0.2) is 0 Å². The van der Waals surface area contributed by atoms with E-state index in [0.29, 0.717) is 13.2 Å². The molecular weight excluding hydrogens is 404 g/mol. The number of carbonyl (C=O) groups is 1. The van der Waals surface area contributed by atoms with E-state index in [-0.39, 0.29) is 5.78 Å². The fraction of sp³-hybridized carbons (Fsp3) is 0.435. The molecule has 0 N–H and O–H groups in total. The molecule has 3 heterocycles. The molecule has 2 aromatic carbocycles. The maximum absolute atomic E-state index is 12.9. The van der Waals surface area contributed by atoms with Crippen molar-refractivity contribution in [2.45, 2.75) is 50.2 Å². The second-order valence-corrected chi connectivity index (χ2v) is 7.65. The van der Waals surface area contributed by atoms with Crippen molar-refractivity contribution in [1.82, 2.24) is 0 Å². The third-order valence-electron chi connectivity index (χ3n) is 5.79. The first-order valence-corrected chi connectivity index (χ1v) is 10.2. The Morgan fingerprint density at radius 2 is 1.16 bits per heavy atom. The zero-order chi connectivity index (χ0) is 21.4. The summed E-state index contributed by atoms with van der Waals surface area (Å²) in [5.41, 5.74) is 1.91. The smallest absolute Gasteiger partial charge is 0.273 e. The molecule has 4 aliphatic rings. The highest BCUT2D eigenvalue weighted by molar-refractivity contribution is 5.90. The highest BCUT2D eigenvalue weighted by atomic mass is 16.9. The molecule has 31 heavy (non-hydrogen) atoms. The normalized spacial score (nSPS) is 31.1. The minimum atomic E-state index is -0.862. The number of ketones is 1. The quantitative estimate of drug-likeness (QED) is 0.633. The molecule has 4 atom stereocenters. The summed E-state index contributed by atoms with van der Waals surface area (Å²) in [6.07, 6.45) is -3.06. The molecule has 3 saturated heterocycles. The van der Waals surface area contributed by atoms with E-state index in [9.17, 15) is 4.79 Å². The van der Waals surface area contributed by atoms with Gasteiger partial charge < -0.3 is 33.2 Å². The zero-order valence-corrected chi connectivity index (χ0v) is 17.3. The highest BCUT2D eigenvalue weighted by Gasteiger charge is 2.62. The predicted octanol–water partition coefficient (Wildman–Crippen LogP) is 2.22. The van der Waals surface area contributed by atoms with Crippen molar-refractivity contribution in [1.29, 1.82) is 0 Å². The molecule has 4 fully saturated rings. The van der Waals surface area contributed by atoms with Gasteiger partial charge >= 0.3 is 0 Å². The first kappa shape index (κ1) is 20.4. The van der Waals surface area contributed by atoms with Gasteiger partial charge in [-0.15, -0.1) is 0 Å². The summed E-state index contributed by atoms with van der Waals surface area (Å²) in [6.45, 7) is -0.245. The van der Waals surface area contributed by atoms with Crippen LogP contribution in [-0.4, -0.2) is 57.0 Å². The van der Waals surface area contributed by atoms with Crippen LogP contribution in [0.5, 0.6) is 11.5 Å². The Balaban J connectivity index is 1.28. The van der Waals surface area contributed by atoms with E-state index in [4.69, 9.17) is 33.2 Å². The van der Waals surface area contributed by atoms with Gasteiger partial charge in [0.05, 0.1) is 27.4 Å². The Hall–Kier alpha value is -2.49. The van der Waals surface area contributed by atoms with E-state index in [1.54, 1.807) is 14.2 Å². The highest BCUT2D eigenvalue weighted by Crippen LogP contribution is 2.41. The second kappa shape index (κ2) is 8.57. The van der Waals surface area contributed by atoms with Gasteiger partial charge in [-0.05, 0) is 35.4 Å². The summed E-state index contributed by atoms with van der Waals surface area (Å²) in [5.74, 6) is 1.36. The first-order chi connectivity index (χ1) is 15.2. The van der Waals surface area contributed by atoms with Crippen molar-refractivity contribution in [3.63, 3.8) is 0 Å². The lowest BCUT2D eigenvalue weighted by Gasteiger charge is -2.54. The summed E-state index contributed by atoms with van der Waals surface area (Å²) < 4.78 is 39.6. The van der Waals surface area contributed by atoms with Crippen LogP contribution in [0.4, 0.5) is 0 Å². The van der Waals surface area contributed by atoms with E-state index in [2.05, 4.69) is 0 Å². The molecule has 4 unspecified atom stereocenters. The minimum Gasteiger partial charge on any atom is -0.497 e. The SMILES string of the molecule is COc1ccc(COC2C3OC4OC(C3=O)C(OCc3ccc(OC)cc3)C2O4)cc1. The summed E-state index contributed by atoms with van der Waals surface area (Å²) in [7, 11) is 3.24. The molecule has 4 bridgehead atoms. The maximum atomic E-state index is 12.9. The van der Waals surface area contributed by atoms with E-state index in [0.717, 1.165) is 22.6 Å². The third kappa shape index (κ3) is 3.93. The summed E-state index contributed by atoms with van der Waals surface area (Å²) in [6, 6.07) is 15.1. The van der Waals surface area contributed by atoms with Crippen molar-refractivity contribution in [3.8, 4) is 11.5 Å². The molecule has 3 aliphatic heterocycles. The van der Waals surface area contributed by atoms with Crippen LogP contribution in [0.25, 0.3) is 0 Å². The number of Topliss-reactive ketones (excluding diaryl/α,β-unsaturated/α-hetero) is 1. The maximum Gasteiger partial charge on any atom is 0.273 e. The molecule has 2 aromatic rings. The van der Waals surface area contributed by atoms with Crippen molar-refractivity contribution < 1.29 is 38.0 Å². The van der Waals surface area contributed by atoms with Gasteiger partial charge in [0.1, 0.15) is 29.8 Å². The molecular formula is C23H24O8. The van der Waals surface area contributed by atoms with E-state index in [1.165, 1.54) is 0 Å². The number of ether oxygens (including phenoxy) is 7. The molecule has 1 saturated carbocycles. The second-order valence-electron chi connectivity index (χ2n) is 7.65. The summed E-state index contributed by atoms with van der Waals surface area (Å²) in [4.78, 5) is 12.9. The molecule has 0 radical (unpaired) electrons. The topological polar surface area (TPSA) is 81.7 Å². The van der Waals surface area contributed by atoms with Crippen LogP contribution in [-0.2, 0) is 41.7 Å². The molecule has 0 aromatic heterocycles. The lowest BCUT2D eigenvalue weighted by atomic mass is 9.83. The zero-order valence-electron chi connectivity index (χ0n) is 17.3. The summed E-state index contributed by atoms with van der Waals surface area (Å²) >= 11 is 0. The Morgan fingerprint density at radius 1 is 0.710 bits per heavy atom. The lowest BCUT2D eigenvalue weighted by Crippen LogP contribution is -2.74. The average Bonchev–Trinajstić information content (AvgIpc) is 2.81. The van der Waals surface area contributed by atoms with E-state index >= 15 is 0 Å². The largest absolute Gasteiger partial charge is 0.497 e. The molecule has 164 valence electrons. The summed E-state index contributed by atoms with van der Waals surface area (Å²) in [5, 5.41) is 0. The Kier molecular flexibility index (Phi) is 5.64. The third-order valence-corrected chi connectivity index (χ3v) is 5.79. The molecule has 1 aliphatic carbocycles. The van der Waals surface area contributed by atoms with Crippen molar-refractivity contribution in [3.05, 3.63) is 59.7 Å². The van der Waals surface area contributed by atoms with Crippen LogP contribution in [0.2, 0.25) is 0 Å². The van der Waals surface area contributed by atoms with Gasteiger partial charge in [0.2, 0.25) is 0 Å². The molecule has 8 heteroatoms. The van der Waals surface area contributed by atoms with Crippen molar-refractivity contribution >= 4 is 5.78 Å². The van der Waals surface area contributed by atoms with Crippen LogP contribution < -0.4 is 9.47 Å². The van der Waals surface area contributed by atoms with Gasteiger partial charge in [-0.3, -0.25) is 4.79 Å². The number of carbonyl (C=O) groups excluding carboxylic acids is 1. The molecule has 6 rings (SSSR count). The Bertz CT molecular complexity index is 841. The minimum absolute atomic E-state index is 0.171. The fourth-order valence-corrected chi connectivity index (χ4v) is 4.12. The van der Waals surface area contributed by atoms with E-state index < -0.39 is 37.0 Å². The van der Waals surface area contributed by atoms with Crippen molar-refractivity contribution in [2.24, 2.45) is 0 Å². The van der Waals surface area contributed by atoms with Gasteiger partial charge in [0.25, 0.3) is 6.48 Å². The predicted molar refractivity (Wildman–Crippen MR) is 107 cm³/mol. The monoisotopic (exact) mass is 428 g/mol. The number of methoxy groups -OCH3 is 2. The number of benzene rings is 2. The fourth-order valence-electron chi connectivity index (χ4n) is 4.12. The van der Waals surface area contributed by atoms with Crippen LogP contribution in [0.3, 0.4) is 0 Å².